The molecule has 1 amide bonds. The summed E-state index contributed by atoms with van der Waals surface area (Å²) in [5.41, 5.74) is 3.03. The Morgan fingerprint density at radius 3 is 2.49 bits per heavy atom. The molecule has 5 rings (SSSR count). The molecule has 1 aromatic heterocycles. The van der Waals surface area contributed by atoms with Crippen LogP contribution in [0.2, 0.25) is 0 Å². The summed E-state index contributed by atoms with van der Waals surface area (Å²) >= 11 is 0. The number of carbonyl (C=O) groups excluding carboxylic acids is 3. The average molecular weight is 493 g/mol. The molecule has 5 aromatic rings. The topological polar surface area (TPSA) is 108 Å². The molecule has 0 saturated carbocycles. The number of benzene rings is 4. The van der Waals surface area contributed by atoms with Crippen molar-refractivity contribution < 1.29 is 24.2 Å². The maximum atomic E-state index is 12.9. The molecule has 3 N–H and O–H groups in total. The number of nitrogens with one attached hydrogen (secondary N) is 2. The summed E-state index contributed by atoms with van der Waals surface area (Å²) in [4.78, 5) is 41.3. The van der Waals surface area contributed by atoms with Crippen LogP contribution in [0.4, 0.5) is 0 Å². The largest absolute Gasteiger partial charge is 0.507 e. The van der Waals surface area contributed by atoms with Crippen molar-refractivity contribution in [3.05, 3.63) is 102 Å². The molecule has 184 valence electrons. The Balaban J connectivity index is 1.40. The van der Waals surface area contributed by atoms with Crippen LogP contribution in [0.1, 0.15) is 15.9 Å². The van der Waals surface area contributed by atoms with Crippen LogP contribution in [0.5, 0.6) is 5.75 Å². The Morgan fingerprint density at radius 1 is 0.919 bits per heavy atom. The number of carbonyl (C=O) groups is 3. The van der Waals surface area contributed by atoms with E-state index in [4.69, 9.17) is 4.74 Å². The first-order chi connectivity index (χ1) is 17.9. The standard InChI is InChI=1S/C30H24N2O5/c1-37-30(36)26(32-29(35)28(34)24-17-31-25-9-5-4-8-22(24)25)15-18-10-13-27(33)23(14-18)21-12-11-19-6-2-3-7-20(19)16-21/h2-14,16-17,26,31,33H,15H2,1H3,(H,32,35)/t26-/m0/s1. The molecule has 0 aliphatic rings. The number of ether oxygens (including phenoxy) is 1. The molecule has 0 radical (unpaired) electrons. The van der Waals surface area contributed by atoms with Gasteiger partial charge in [0, 0.05) is 29.1 Å². The van der Waals surface area contributed by atoms with Gasteiger partial charge in [0.1, 0.15) is 11.8 Å². The van der Waals surface area contributed by atoms with Gasteiger partial charge in [0.15, 0.2) is 0 Å². The zero-order valence-electron chi connectivity index (χ0n) is 20.0. The number of aromatic nitrogens is 1. The number of esters is 1. The number of para-hydroxylation sites is 1. The Kier molecular flexibility index (Phi) is 6.43. The van der Waals surface area contributed by atoms with Crippen LogP contribution in [-0.4, -0.2) is 40.9 Å². The minimum Gasteiger partial charge on any atom is -0.507 e. The Morgan fingerprint density at radius 2 is 1.68 bits per heavy atom. The fourth-order valence-corrected chi connectivity index (χ4v) is 4.47. The van der Waals surface area contributed by atoms with E-state index in [9.17, 15) is 19.5 Å². The maximum absolute atomic E-state index is 12.9. The van der Waals surface area contributed by atoms with Gasteiger partial charge in [0.2, 0.25) is 0 Å². The number of rotatable bonds is 7. The lowest BCUT2D eigenvalue weighted by atomic mass is 9.96. The van der Waals surface area contributed by atoms with Crippen molar-refractivity contribution in [1.82, 2.24) is 10.3 Å². The number of Topliss-reactive ketones (excluding diaryl/α,β-unsaturated/α-hetero) is 1. The van der Waals surface area contributed by atoms with Crippen molar-refractivity contribution in [3.8, 4) is 16.9 Å². The third-order valence-electron chi connectivity index (χ3n) is 6.39. The number of ketones is 1. The summed E-state index contributed by atoms with van der Waals surface area (Å²) < 4.78 is 4.89. The van der Waals surface area contributed by atoms with E-state index >= 15 is 0 Å². The Hall–Kier alpha value is -4.91. The smallest absolute Gasteiger partial charge is 0.328 e. The van der Waals surface area contributed by atoms with Crippen molar-refractivity contribution in [2.24, 2.45) is 0 Å². The van der Waals surface area contributed by atoms with E-state index in [0.29, 0.717) is 16.5 Å². The molecular weight excluding hydrogens is 468 g/mol. The first kappa shape index (κ1) is 23.8. The van der Waals surface area contributed by atoms with Crippen LogP contribution in [0, 0.1) is 0 Å². The summed E-state index contributed by atoms with van der Waals surface area (Å²) in [5, 5.41) is 15.8. The second-order valence-corrected chi connectivity index (χ2v) is 8.74. The third-order valence-corrected chi connectivity index (χ3v) is 6.39. The second-order valence-electron chi connectivity index (χ2n) is 8.74. The lowest BCUT2D eigenvalue weighted by Gasteiger charge is -2.17. The minimum atomic E-state index is -1.10. The number of hydrogen-bond donors (Lipinski definition) is 3. The number of fused-ring (bicyclic) bond motifs is 2. The van der Waals surface area contributed by atoms with E-state index < -0.39 is 23.7 Å². The highest BCUT2D eigenvalue weighted by Gasteiger charge is 2.27. The molecule has 0 unspecified atom stereocenters. The summed E-state index contributed by atoms with van der Waals surface area (Å²) in [5.74, 6) is -2.25. The highest BCUT2D eigenvalue weighted by molar-refractivity contribution is 6.45. The van der Waals surface area contributed by atoms with Gasteiger partial charge in [-0.3, -0.25) is 9.59 Å². The number of aromatic hydroxyl groups is 1. The normalized spacial score (nSPS) is 11.8. The quantitative estimate of drug-likeness (QED) is 0.172. The number of aromatic amines is 1. The maximum Gasteiger partial charge on any atom is 0.328 e. The minimum absolute atomic E-state index is 0.0699. The van der Waals surface area contributed by atoms with Crippen molar-refractivity contribution >= 4 is 39.3 Å². The Labute approximate surface area is 212 Å². The predicted molar refractivity (Wildman–Crippen MR) is 141 cm³/mol. The van der Waals surface area contributed by atoms with Gasteiger partial charge in [-0.05, 0) is 46.2 Å². The number of methoxy groups -OCH3 is 1. The van der Waals surface area contributed by atoms with Crippen LogP contribution in [-0.2, 0) is 20.7 Å². The van der Waals surface area contributed by atoms with Crippen LogP contribution >= 0.6 is 0 Å². The molecule has 4 aromatic carbocycles. The Bertz CT molecular complexity index is 1650. The van der Waals surface area contributed by atoms with Crippen molar-refractivity contribution in [2.45, 2.75) is 12.5 Å². The molecule has 0 bridgehead atoms. The van der Waals surface area contributed by atoms with Gasteiger partial charge in [0.25, 0.3) is 11.7 Å². The summed E-state index contributed by atoms with van der Waals surface area (Å²) in [7, 11) is 1.22. The van der Waals surface area contributed by atoms with Gasteiger partial charge in [-0.2, -0.15) is 0 Å². The zero-order valence-corrected chi connectivity index (χ0v) is 20.0. The lowest BCUT2D eigenvalue weighted by Crippen LogP contribution is -2.45. The summed E-state index contributed by atoms with van der Waals surface area (Å²) in [6.07, 6.45) is 1.55. The molecule has 0 fully saturated rings. The molecule has 0 aliphatic carbocycles. The van der Waals surface area contributed by atoms with Gasteiger partial charge in [-0.1, -0.05) is 60.7 Å². The fourth-order valence-electron chi connectivity index (χ4n) is 4.47. The van der Waals surface area contributed by atoms with Crippen LogP contribution in [0.3, 0.4) is 0 Å². The number of phenols is 1. The van der Waals surface area contributed by atoms with E-state index in [1.807, 2.05) is 48.5 Å². The van der Waals surface area contributed by atoms with E-state index in [0.717, 1.165) is 21.9 Å². The molecule has 1 atom stereocenters. The molecule has 0 saturated heterocycles. The van der Waals surface area contributed by atoms with E-state index in [1.165, 1.54) is 13.3 Å². The van der Waals surface area contributed by atoms with Crippen molar-refractivity contribution in [2.75, 3.05) is 7.11 Å². The molecule has 7 nitrogen and oxygen atoms in total. The highest BCUT2D eigenvalue weighted by atomic mass is 16.5. The number of hydrogen-bond acceptors (Lipinski definition) is 5. The average Bonchev–Trinajstić information content (AvgIpc) is 3.36. The summed E-state index contributed by atoms with van der Waals surface area (Å²) in [6, 6.07) is 24.8. The molecule has 7 heteroatoms. The third kappa shape index (κ3) is 4.79. The van der Waals surface area contributed by atoms with Crippen molar-refractivity contribution in [3.63, 3.8) is 0 Å². The van der Waals surface area contributed by atoms with Crippen LogP contribution < -0.4 is 5.32 Å². The molecule has 37 heavy (non-hydrogen) atoms. The summed E-state index contributed by atoms with van der Waals surface area (Å²) in [6.45, 7) is 0. The van der Waals surface area contributed by atoms with E-state index in [2.05, 4.69) is 10.3 Å². The van der Waals surface area contributed by atoms with E-state index in [1.54, 1.807) is 36.4 Å². The van der Waals surface area contributed by atoms with Gasteiger partial charge in [-0.25, -0.2) is 4.79 Å². The second kappa shape index (κ2) is 9.99. The molecule has 0 spiro atoms. The lowest BCUT2D eigenvalue weighted by molar-refractivity contribution is -0.144. The van der Waals surface area contributed by atoms with Gasteiger partial charge in [0.05, 0.1) is 12.7 Å². The number of H-pyrrole nitrogens is 1. The molecule has 0 aliphatic heterocycles. The number of amides is 1. The highest BCUT2D eigenvalue weighted by Crippen LogP contribution is 2.32. The van der Waals surface area contributed by atoms with Gasteiger partial charge >= 0.3 is 5.97 Å². The van der Waals surface area contributed by atoms with Gasteiger partial charge in [-0.15, -0.1) is 0 Å². The van der Waals surface area contributed by atoms with E-state index in [-0.39, 0.29) is 17.7 Å². The monoisotopic (exact) mass is 492 g/mol. The predicted octanol–water partition coefficient (Wildman–Crippen LogP) is 4.78. The molecular formula is C30H24N2O5. The van der Waals surface area contributed by atoms with Crippen LogP contribution in [0.25, 0.3) is 32.8 Å². The van der Waals surface area contributed by atoms with Crippen LogP contribution in [0.15, 0.2) is 91.1 Å². The zero-order chi connectivity index (χ0) is 25.9. The number of phenolic OH excluding ortho intramolecular Hbond substituents is 1. The SMILES string of the molecule is COC(=O)[C@H](Cc1ccc(O)c(-c2ccc3ccccc3c2)c1)NC(=O)C(=O)c1c[nH]c2ccccc12. The van der Waals surface area contributed by atoms with Gasteiger partial charge < -0.3 is 20.1 Å². The van der Waals surface area contributed by atoms with Crippen molar-refractivity contribution in [1.29, 1.82) is 0 Å². The first-order valence-electron chi connectivity index (χ1n) is 11.7. The fraction of sp³-hybridized carbons (Fsp3) is 0.100. The molecule has 1 heterocycles. The first-order valence-corrected chi connectivity index (χ1v) is 11.7.